The van der Waals surface area contributed by atoms with Crippen molar-refractivity contribution in [3.8, 4) is 0 Å². The van der Waals surface area contributed by atoms with Gasteiger partial charge >= 0.3 is 12.1 Å². The lowest BCUT2D eigenvalue weighted by molar-refractivity contribution is -0.192. The molecule has 2 unspecified atom stereocenters. The molecule has 4 nitrogen and oxygen atoms in total. The maximum atomic E-state index is 12.4. The molecule has 0 amide bonds. The summed E-state index contributed by atoms with van der Waals surface area (Å²) >= 11 is 0. The molecule has 1 aliphatic carbocycles. The Morgan fingerprint density at radius 3 is 2.39 bits per heavy atom. The number of carboxylic acids is 1. The lowest BCUT2D eigenvalue weighted by Crippen LogP contribution is -2.44. The van der Waals surface area contributed by atoms with Gasteiger partial charge in [0.05, 0.1) is 0 Å². The highest BCUT2D eigenvalue weighted by Gasteiger charge is 2.44. The molecule has 0 spiro atoms. The molecule has 2 atom stereocenters. The minimum atomic E-state index is -4.70. The van der Waals surface area contributed by atoms with Gasteiger partial charge in [-0.25, -0.2) is 0 Å². The third-order valence-corrected chi connectivity index (χ3v) is 3.30. The van der Waals surface area contributed by atoms with Gasteiger partial charge in [0.1, 0.15) is 0 Å². The van der Waals surface area contributed by atoms with E-state index in [9.17, 15) is 18.0 Å². The molecule has 7 heteroatoms. The van der Waals surface area contributed by atoms with E-state index in [1.807, 2.05) is 14.0 Å². The largest absolute Gasteiger partial charge is 0.481 e. The molecular weight excluding hydrogens is 249 g/mol. The van der Waals surface area contributed by atoms with Crippen LogP contribution in [0, 0.1) is 5.92 Å². The number of nitrogens with zero attached hydrogens (tertiary/aromatic N) is 1. The van der Waals surface area contributed by atoms with E-state index in [1.54, 1.807) is 0 Å². The second-order valence-corrected chi connectivity index (χ2v) is 4.84. The van der Waals surface area contributed by atoms with Crippen LogP contribution < -0.4 is 5.32 Å². The van der Waals surface area contributed by atoms with Crippen LogP contribution in [0.3, 0.4) is 0 Å². The fourth-order valence-electron chi connectivity index (χ4n) is 1.77. The first-order valence-corrected chi connectivity index (χ1v) is 5.95. The van der Waals surface area contributed by atoms with Crippen molar-refractivity contribution in [3.63, 3.8) is 0 Å². The summed E-state index contributed by atoms with van der Waals surface area (Å²) in [5.41, 5.74) is 0. The zero-order chi connectivity index (χ0) is 13.9. The highest BCUT2D eigenvalue weighted by molar-refractivity contribution is 5.71. The molecule has 1 saturated carbocycles. The van der Waals surface area contributed by atoms with Crippen molar-refractivity contribution in [1.82, 2.24) is 10.2 Å². The minimum absolute atomic E-state index is 0.0974. The minimum Gasteiger partial charge on any atom is -0.481 e. The maximum Gasteiger partial charge on any atom is 0.403 e. The van der Waals surface area contributed by atoms with E-state index in [-0.39, 0.29) is 6.04 Å². The molecule has 1 rings (SSSR count). The van der Waals surface area contributed by atoms with Crippen LogP contribution in [0.5, 0.6) is 0 Å². The summed E-state index contributed by atoms with van der Waals surface area (Å²) < 4.78 is 37.1. The van der Waals surface area contributed by atoms with Crippen LogP contribution in [0.2, 0.25) is 0 Å². The normalized spacial score (nSPS) is 19.9. The summed E-state index contributed by atoms with van der Waals surface area (Å²) in [5, 5.41) is 11.1. The van der Waals surface area contributed by atoms with E-state index in [0.717, 1.165) is 12.8 Å². The number of alkyl halides is 3. The lowest BCUT2D eigenvalue weighted by Gasteiger charge is -2.25. The van der Waals surface area contributed by atoms with Gasteiger partial charge in [-0.05, 0) is 26.8 Å². The summed E-state index contributed by atoms with van der Waals surface area (Å²) in [7, 11) is 1.93. The molecule has 1 aliphatic rings. The van der Waals surface area contributed by atoms with Gasteiger partial charge in [0.2, 0.25) is 0 Å². The first-order chi connectivity index (χ1) is 8.23. The van der Waals surface area contributed by atoms with Crippen LogP contribution in [0.15, 0.2) is 0 Å². The number of nitrogens with one attached hydrogen (secondary N) is 1. The van der Waals surface area contributed by atoms with Gasteiger partial charge in [-0.1, -0.05) is 0 Å². The zero-order valence-electron chi connectivity index (χ0n) is 10.5. The van der Waals surface area contributed by atoms with Crippen molar-refractivity contribution >= 4 is 5.97 Å². The molecule has 0 saturated heterocycles. The van der Waals surface area contributed by atoms with Crippen molar-refractivity contribution in [3.05, 3.63) is 0 Å². The van der Waals surface area contributed by atoms with Gasteiger partial charge in [0.25, 0.3) is 0 Å². The third-order valence-electron chi connectivity index (χ3n) is 3.30. The molecule has 0 aromatic rings. The average molecular weight is 268 g/mol. The van der Waals surface area contributed by atoms with Crippen molar-refractivity contribution in [2.45, 2.75) is 38.0 Å². The van der Waals surface area contributed by atoms with Gasteiger partial charge in [0, 0.05) is 25.2 Å². The van der Waals surface area contributed by atoms with E-state index in [4.69, 9.17) is 5.11 Å². The molecule has 18 heavy (non-hydrogen) atoms. The monoisotopic (exact) mass is 268 g/mol. The average Bonchev–Trinajstić information content (AvgIpc) is 3.03. The molecule has 106 valence electrons. The van der Waals surface area contributed by atoms with Crippen LogP contribution in [-0.2, 0) is 4.79 Å². The summed E-state index contributed by atoms with van der Waals surface area (Å²) in [6.45, 7) is 1.68. The molecule has 0 aromatic carbocycles. The van der Waals surface area contributed by atoms with Crippen molar-refractivity contribution in [2.75, 3.05) is 20.1 Å². The first kappa shape index (κ1) is 15.2. The zero-order valence-corrected chi connectivity index (χ0v) is 10.5. The number of aliphatic carboxylic acids is 1. The van der Waals surface area contributed by atoms with E-state index in [0.29, 0.717) is 12.6 Å². The fraction of sp³-hybridized carbons (Fsp3) is 0.909. The van der Waals surface area contributed by atoms with Crippen LogP contribution in [-0.4, -0.2) is 54.4 Å². The van der Waals surface area contributed by atoms with Gasteiger partial charge < -0.3 is 10.4 Å². The molecule has 0 heterocycles. The Kier molecular flexibility index (Phi) is 4.98. The lowest BCUT2D eigenvalue weighted by atomic mass is 10.1. The molecule has 0 radical (unpaired) electrons. The predicted octanol–water partition coefficient (Wildman–Crippen LogP) is 1.32. The van der Waals surface area contributed by atoms with E-state index in [1.165, 1.54) is 0 Å². The number of halogens is 3. The number of hydrogen-bond donors (Lipinski definition) is 2. The molecule has 0 bridgehead atoms. The fourth-order valence-corrected chi connectivity index (χ4v) is 1.77. The Hall–Kier alpha value is -0.820. The van der Waals surface area contributed by atoms with Crippen molar-refractivity contribution in [2.24, 2.45) is 5.92 Å². The summed E-state index contributed by atoms with van der Waals surface area (Å²) in [5.74, 6) is -4.17. The predicted molar refractivity (Wildman–Crippen MR) is 60.3 cm³/mol. The number of rotatable bonds is 7. The standard InChI is InChI=1S/C11H19F3N2O2/c1-7(16(2)8-3-4-8)5-15-6-9(10(17)18)11(12,13)14/h7-9,15H,3-6H2,1-2H3,(H,17,18). The summed E-state index contributed by atoms with van der Waals surface area (Å²) in [6.07, 6.45) is -2.45. The van der Waals surface area contributed by atoms with Gasteiger partial charge in [-0.2, -0.15) is 13.2 Å². The molecule has 1 fully saturated rings. The smallest absolute Gasteiger partial charge is 0.403 e. The van der Waals surface area contributed by atoms with E-state index < -0.39 is 24.6 Å². The number of likely N-dealkylation sites (N-methyl/N-ethyl adjacent to an activating group) is 1. The second-order valence-electron chi connectivity index (χ2n) is 4.84. The van der Waals surface area contributed by atoms with Crippen LogP contribution >= 0.6 is 0 Å². The SMILES string of the molecule is CC(CNCC(C(=O)O)C(F)(F)F)N(C)C1CC1. The van der Waals surface area contributed by atoms with Crippen LogP contribution in [0.25, 0.3) is 0 Å². The highest BCUT2D eigenvalue weighted by Crippen LogP contribution is 2.27. The van der Waals surface area contributed by atoms with Gasteiger partial charge in [0.15, 0.2) is 5.92 Å². The summed E-state index contributed by atoms with van der Waals surface area (Å²) in [6, 6.07) is 0.625. The first-order valence-electron chi connectivity index (χ1n) is 5.95. The van der Waals surface area contributed by atoms with Crippen molar-refractivity contribution < 1.29 is 23.1 Å². The van der Waals surface area contributed by atoms with E-state index in [2.05, 4.69) is 10.2 Å². The topological polar surface area (TPSA) is 52.6 Å². The Bertz CT molecular complexity index is 293. The quantitative estimate of drug-likeness (QED) is 0.731. The maximum absolute atomic E-state index is 12.4. The third kappa shape index (κ3) is 4.45. The second kappa shape index (κ2) is 5.88. The molecule has 0 aromatic heterocycles. The number of carbonyl (C=O) groups is 1. The van der Waals surface area contributed by atoms with Crippen LogP contribution in [0.1, 0.15) is 19.8 Å². The molecule has 0 aliphatic heterocycles. The van der Waals surface area contributed by atoms with Gasteiger partial charge in [-0.15, -0.1) is 0 Å². The Balaban J connectivity index is 2.32. The molecule has 2 N–H and O–H groups in total. The van der Waals surface area contributed by atoms with Gasteiger partial charge in [-0.3, -0.25) is 9.69 Å². The Labute approximate surface area is 104 Å². The Morgan fingerprint density at radius 2 is 2.00 bits per heavy atom. The highest BCUT2D eigenvalue weighted by atomic mass is 19.4. The van der Waals surface area contributed by atoms with E-state index >= 15 is 0 Å². The Morgan fingerprint density at radius 1 is 1.44 bits per heavy atom. The molecular formula is C11H19F3N2O2. The van der Waals surface area contributed by atoms with Crippen LogP contribution in [0.4, 0.5) is 13.2 Å². The number of hydrogen-bond acceptors (Lipinski definition) is 3. The number of carboxylic acid groups (broad SMARTS) is 1. The summed E-state index contributed by atoms with van der Waals surface area (Å²) in [4.78, 5) is 12.6. The van der Waals surface area contributed by atoms with Crippen molar-refractivity contribution in [1.29, 1.82) is 0 Å².